The molecule has 86 valence electrons. The molecule has 0 aliphatic carbocycles. The Bertz CT molecular complexity index is 284. The first-order valence-corrected chi connectivity index (χ1v) is 7.12. The van der Waals surface area contributed by atoms with Crippen LogP contribution in [0.5, 0.6) is 0 Å². The highest BCUT2D eigenvalue weighted by atomic mass is 79.9. The molecular weight excluding hydrogens is 272 g/mol. The second kappa shape index (κ2) is 6.61. The summed E-state index contributed by atoms with van der Waals surface area (Å²) in [4.78, 5) is 4.35. The number of nitrogens with zero attached hydrogens (tertiary/aromatic N) is 1. The highest BCUT2D eigenvalue weighted by molar-refractivity contribution is 9.11. The quantitative estimate of drug-likeness (QED) is 0.857. The zero-order chi connectivity index (χ0) is 11.3. The molecule has 1 unspecified atom stereocenters. The molecule has 1 heterocycles. The van der Waals surface area contributed by atoms with E-state index in [1.165, 1.54) is 12.8 Å². The van der Waals surface area contributed by atoms with Crippen molar-refractivity contribution < 1.29 is 0 Å². The van der Waals surface area contributed by atoms with Gasteiger partial charge in [0.25, 0.3) is 0 Å². The van der Waals surface area contributed by atoms with Crippen LogP contribution in [0.15, 0.2) is 9.98 Å². The third-order valence-electron chi connectivity index (χ3n) is 2.73. The number of hydrogen-bond acceptors (Lipinski definition) is 3. The number of halogens is 1. The van der Waals surface area contributed by atoms with Crippen LogP contribution in [0, 0.1) is 5.92 Å². The lowest BCUT2D eigenvalue weighted by Gasteiger charge is -2.16. The minimum absolute atomic E-state index is 0.363. The van der Waals surface area contributed by atoms with Gasteiger partial charge in [-0.15, -0.1) is 11.3 Å². The van der Waals surface area contributed by atoms with E-state index in [9.17, 15) is 0 Å². The van der Waals surface area contributed by atoms with Crippen molar-refractivity contribution in [3.05, 3.63) is 15.0 Å². The van der Waals surface area contributed by atoms with Gasteiger partial charge in [0.15, 0.2) is 0 Å². The fourth-order valence-corrected chi connectivity index (χ4v) is 2.75. The summed E-state index contributed by atoms with van der Waals surface area (Å²) in [5.41, 5.74) is 0. The van der Waals surface area contributed by atoms with E-state index in [1.807, 2.05) is 6.20 Å². The van der Waals surface area contributed by atoms with Gasteiger partial charge in [0.1, 0.15) is 5.01 Å². The van der Waals surface area contributed by atoms with Crippen molar-refractivity contribution in [2.45, 2.75) is 39.7 Å². The molecule has 0 aliphatic heterocycles. The molecule has 2 nitrogen and oxygen atoms in total. The summed E-state index contributed by atoms with van der Waals surface area (Å²) in [6.07, 6.45) is 4.37. The third kappa shape index (κ3) is 4.21. The van der Waals surface area contributed by atoms with Crippen molar-refractivity contribution in [3.63, 3.8) is 0 Å². The van der Waals surface area contributed by atoms with Gasteiger partial charge in [0.05, 0.1) is 16.0 Å². The fraction of sp³-hybridized carbons (Fsp3) is 0.727. The Morgan fingerprint density at radius 1 is 1.47 bits per heavy atom. The summed E-state index contributed by atoms with van der Waals surface area (Å²) in [5.74, 6) is 0.788. The maximum absolute atomic E-state index is 4.35. The summed E-state index contributed by atoms with van der Waals surface area (Å²) in [6, 6.07) is 0.363. The number of nitrogens with one attached hydrogen (secondary N) is 1. The summed E-state index contributed by atoms with van der Waals surface area (Å²) < 4.78 is 1.11. The average Bonchev–Trinajstić information content (AvgIpc) is 2.66. The molecule has 0 saturated carbocycles. The molecular formula is C11H19BrN2S. The van der Waals surface area contributed by atoms with Gasteiger partial charge in [-0.1, -0.05) is 26.7 Å². The van der Waals surface area contributed by atoms with Crippen LogP contribution in [0.4, 0.5) is 0 Å². The molecule has 0 saturated heterocycles. The van der Waals surface area contributed by atoms with Crippen molar-refractivity contribution in [2.75, 3.05) is 6.54 Å². The first kappa shape index (κ1) is 13.1. The van der Waals surface area contributed by atoms with E-state index in [-0.39, 0.29) is 0 Å². The van der Waals surface area contributed by atoms with Crippen molar-refractivity contribution in [3.8, 4) is 0 Å². The van der Waals surface area contributed by atoms with E-state index in [0.29, 0.717) is 6.04 Å². The number of hydrogen-bond donors (Lipinski definition) is 1. The Balaban J connectivity index is 2.39. The van der Waals surface area contributed by atoms with Crippen LogP contribution in [-0.2, 0) is 0 Å². The van der Waals surface area contributed by atoms with Crippen LogP contribution in [0.3, 0.4) is 0 Å². The summed E-state index contributed by atoms with van der Waals surface area (Å²) in [7, 11) is 0. The second-order valence-corrected chi connectivity index (χ2v) is 6.26. The second-order valence-electron chi connectivity index (χ2n) is 3.82. The largest absolute Gasteiger partial charge is 0.308 e. The van der Waals surface area contributed by atoms with Gasteiger partial charge in [-0.05, 0) is 35.3 Å². The van der Waals surface area contributed by atoms with E-state index >= 15 is 0 Å². The van der Waals surface area contributed by atoms with E-state index in [1.54, 1.807) is 11.3 Å². The molecule has 0 radical (unpaired) electrons. The molecule has 0 amide bonds. The van der Waals surface area contributed by atoms with E-state index in [4.69, 9.17) is 0 Å². The van der Waals surface area contributed by atoms with Gasteiger partial charge in [-0.25, -0.2) is 4.98 Å². The smallest absolute Gasteiger partial charge is 0.110 e. The molecule has 0 aromatic carbocycles. The lowest BCUT2D eigenvalue weighted by molar-refractivity contribution is 0.422. The van der Waals surface area contributed by atoms with Crippen LogP contribution < -0.4 is 5.32 Å². The minimum atomic E-state index is 0.363. The lowest BCUT2D eigenvalue weighted by atomic mass is 10.0. The van der Waals surface area contributed by atoms with Crippen LogP contribution in [0.2, 0.25) is 0 Å². The molecule has 0 fully saturated rings. The monoisotopic (exact) mass is 290 g/mol. The number of thiazole rings is 1. The maximum atomic E-state index is 4.35. The maximum Gasteiger partial charge on any atom is 0.110 e. The number of aromatic nitrogens is 1. The van der Waals surface area contributed by atoms with Crippen LogP contribution in [-0.4, -0.2) is 11.5 Å². The normalized spacial score (nSPS) is 13.4. The minimum Gasteiger partial charge on any atom is -0.308 e. The molecule has 1 aromatic rings. The predicted octanol–water partition coefficient (Wildman–Crippen LogP) is 3.99. The Kier molecular flexibility index (Phi) is 5.79. The first-order chi connectivity index (χ1) is 7.17. The van der Waals surface area contributed by atoms with Gasteiger partial charge in [-0.3, -0.25) is 0 Å². The topological polar surface area (TPSA) is 24.9 Å². The molecule has 1 N–H and O–H groups in total. The first-order valence-electron chi connectivity index (χ1n) is 5.51. The molecule has 15 heavy (non-hydrogen) atoms. The van der Waals surface area contributed by atoms with Crippen molar-refractivity contribution >= 4 is 27.3 Å². The number of rotatable bonds is 6. The van der Waals surface area contributed by atoms with Crippen LogP contribution in [0.25, 0.3) is 0 Å². The predicted molar refractivity (Wildman–Crippen MR) is 70.3 cm³/mol. The van der Waals surface area contributed by atoms with Crippen LogP contribution in [0.1, 0.15) is 44.7 Å². The summed E-state index contributed by atoms with van der Waals surface area (Å²) >= 11 is 5.14. The molecule has 1 aromatic heterocycles. The van der Waals surface area contributed by atoms with Gasteiger partial charge >= 0.3 is 0 Å². The Morgan fingerprint density at radius 2 is 2.13 bits per heavy atom. The Hall–Kier alpha value is 0.0700. The molecule has 4 heteroatoms. The molecule has 0 aliphatic rings. The fourth-order valence-electron chi connectivity index (χ4n) is 1.48. The SMILES string of the molecule is CCC(CC)CNC(C)c1ncc(Br)s1. The van der Waals surface area contributed by atoms with E-state index in [2.05, 4.69) is 47.0 Å². The zero-order valence-electron chi connectivity index (χ0n) is 9.59. The van der Waals surface area contributed by atoms with Crippen molar-refractivity contribution in [1.82, 2.24) is 10.3 Å². The van der Waals surface area contributed by atoms with Crippen molar-refractivity contribution in [2.24, 2.45) is 5.92 Å². The van der Waals surface area contributed by atoms with Crippen LogP contribution >= 0.6 is 27.3 Å². The lowest BCUT2D eigenvalue weighted by Crippen LogP contribution is -2.25. The highest BCUT2D eigenvalue weighted by Gasteiger charge is 2.11. The Morgan fingerprint density at radius 3 is 2.60 bits per heavy atom. The van der Waals surface area contributed by atoms with Gasteiger partial charge in [0.2, 0.25) is 0 Å². The summed E-state index contributed by atoms with van der Waals surface area (Å²) in [6.45, 7) is 7.76. The third-order valence-corrected chi connectivity index (χ3v) is 4.39. The van der Waals surface area contributed by atoms with Crippen molar-refractivity contribution in [1.29, 1.82) is 0 Å². The Labute approximate surface area is 105 Å². The molecule has 1 rings (SSSR count). The summed E-state index contributed by atoms with van der Waals surface area (Å²) in [5, 5.41) is 4.70. The zero-order valence-corrected chi connectivity index (χ0v) is 12.0. The standard InChI is InChI=1S/C11H19BrN2S/c1-4-9(5-2)6-13-8(3)11-14-7-10(12)15-11/h7-9,13H,4-6H2,1-3H3. The van der Waals surface area contributed by atoms with E-state index < -0.39 is 0 Å². The molecule has 0 spiro atoms. The van der Waals surface area contributed by atoms with Gasteiger partial charge in [0, 0.05) is 0 Å². The van der Waals surface area contributed by atoms with E-state index in [0.717, 1.165) is 21.3 Å². The molecule has 0 bridgehead atoms. The molecule has 1 atom stereocenters. The average molecular weight is 291 g/mol. The highest BCUT2D eigenvalue weighted by Crippen LogP contribution is 2.24. The van der Waals surface area contributed by atoms with Gasteiger partial charge in [-0.2, -0.15) is 0 Å². The van der Waals surface area contributed by atoms with Gasteiger partial charge < -0.3 is 5.32 Å².